The Morgan fingerprint density at radius 2 is 1.87 bits per heavy atom. The number of anilines is 1. The molecule has 0 radical (unpaired) electrons. The van der Waals surface area contributed by atoms with E-state index in [9.17, 15) is 0 Å². The van der Waals surface area contributed by atoms with Gasteiger partial charge in [-0.1, -0.05) is 59.3 Å². The molecule has 0 fully saturated rings. The van der Waals surface area contributed by atoms with Crippen LogP contribution in [0.15, 0.2) is 53.7 Å². The van der Waals surface area contributed by atoms with Crippen LogP contribution in [0.4, 0.5) is 5.69 Å². The summed E-state index contributed by atoms with van der Waals surface area (Å²) in [4.78, 5) is 6.00. The zero-order valence-electron chi connectivity index (χ0n) is 13.3. The number of halogens is 1. The van der Waals surface area contributed by atoms with E-state index in [4.69, 9.17) is 28.7 Å². The summed E-state index contributed by atoms with van der Waals surface area (Å²) in [5.41, 5.74) is 2.23. The van der Waals surface area contributed by atoms with Crippen molar-refractivity contribution >= 4 is 40.7 Å². The Morgan fingerprint density at radius 1 is 1.17 bits per heavy atom. The summed E-state index contributed by atoms with van der Waals surface area (Å²) >= 11 is 11.6. The normalized spacial score (nSPS) is 11.5. The summed E-state index contributed by atoms with van der Waals surface area (Å²) in [6.07, 6.45) is 1.60. The lowest BCUT2D eigenvalue weighted by atomic mass is 10.2. The van der Waals surface area contributed by atoms with Crippen molar-refractivity contribution in [1.82, 2.24) is 0 Å². The predicted molar refractivity (Wildman–Crippen MR) is 102 cm³/mol. The van der Waals surface area contributed by atoms with Crippen molar-refractivity contribution in [2.24, 2.45) is 5.16 Å². The van der Waals surface area contributed by atoms with Crippen LogP contribution in [0.2, 0.25) is 5.02 Å². The average molecular weight is 347 g/mol. The van der Waals surface area contributed by atoms with E-state index in [0.717, 1.165) is 16.8 Å². The van der Waals surface area contributed by atoms with Crippen LogP contribution in [0.3, 0.4) is 0 Å². The van der Waals surface area contributed by atoms with E-state index in [1.165, 1.54) is 0 Å². The van der Waals surface area contributed by atoms with Gasteiger partial charge in [-0.25, -0.2) is 0 Å². The van der Waals surface area contributed by atoms with Crippen LogP contribution in [0.25, 0.3) is 0 Å². The fourth-order valence-corrected chi connectivity index (χ4v) is 2.17. The first-order valence-corrected chi connectivity index (χ1v) is 8.01. The third kappa shape index (κ3) is 5.66. The molecule has 0 aromatic heterocycles. The largest absolute Gasteiger partial charge is 0.390 e. The van der Waals surface area contributed by atoms with Gasteiger partial charge in [-0.05, 0) is 39.0 Å². The first-order chi connectivity index (χ1) is 10.8. The van der Waals surface area contributed by atoms with E-state index in [2.05, 4.69) is 10.5 Å². The molecule has 3 nitrogen and oxygen atoms in total. The molecule has 0 atom stereocenters. The minimum absolute atomic E-state index is 0.340. The number of benzene rings is 2. The summed E-state index contributed by atoms with van der Waals surface area (Å²) in [5.74, 6) is 0. The Hall–Kier alpha value is -1.91. The second kappa shape index (κ2) is 7.57. The molecule has 2 rings (SSSR count). The zero-order chi connectivity index (χ0) is 16.9. The second-order valence-corrected chi connectivity index (χ2v) is 6.81. The van der Waals surface area contributed by atoms with E-state index in [-0.39, 0.29) is 5.60 Å². The highest BCUT2D eigenvalue weighted by molar-refractivity contribution is 7.81. The monoisotopic (exact) mass is 346 g/mol. The van der Waals surface area contributed by atoms with E-state index < -0.39 is 0 Å². The van der Waals surface area contributed by atoms with E-state index in [1.54, 1.807) is 12.3 Å². The van der Waals surface area contributed by atoms with Crippen LogP contribution < -0.4 is 5.32 Å². The highest BCUT2D eigenvalue weighted by Crippen LogP contribution is 2.20. The lowest BCUT2D eigenvalue weighted by Crippen LogP contribution is -2.15. The lowest BCUT2D eigenvalue weighted by molar-refractivity contribution is 0.00199. The number of hydrogen-bond donors (Lipinski definition) is 1. The van der Waals surface area contributed by atoms with Crippen molar-refractivity contribution in [1.29, 1.82) is 0 Å². The quantitative estimate of drug-likeness (QED) is 0.464. The molecule has 0 bridgehead atoms. The third-order valence-electron chi connectivity index (χ3n) is 2.81. The topological polar surface area (TPSA) is 33.6 Å². The molecule has 120 valence electrons. The summed E-state index contributed by atoms with van der Waals surface area (Å²) in [5, 5.41) is 7.78. The third-order valence-corrected chi connectivity index (χ3v) is 3.49. The Labute approximate surface area is 147 Å². The molecule has 0 heterocycles. The number of thiocarbonyl (C=S) groups is 1. The van der Waals surface area contributed by atoms with Crippen LogP contribution in [0, 0.1) is 0 Å². The Bertz CT molecular complexity index is 709. The van der Waals surface area contributed by atoms with Gasteiger partial charge < -0.3 is 10.2 Å². The van der Waals surface area contributed by atoms with Crippen LogP contribution in [0.1, 0.15) is 31.9 Å². The first kappa shape index (κ1) is 17.4. The SMILES string of the molecule is CC(C)(C)O/N=C/c1cc(NC(=S)c2ccccc2)ccc1Cl. The molecule has 0 saturated heterocycles. The molecular formula is C18H19ClN2OS. The summed E-state index contributed by atoms with van der Waals surface area (Å²) in [6, 6.07) is 15.3. The van der Waals surface area contributed by atoms with E-state index in [0.29, 0.717) is 10.0 Å². The van der Waals surface area contributed by atoms with Crippen molar-refractivity contribution < 1.29 is 4.84 Å². The molecule has 2 aromatic carbocycles. The molecule has 5 heteroatoms. The maximum atomic E-state index is 6.19. The van der Waals surface area contributed by atoms with E-state index in [1.807, 2.05) is 63.2 Å². The maximum Gasteiger partial charge on any atom is 0.129 e. The second-order valence-electron chi connectivity index (χ2n) is 5.99. The Morgan fingerprint density at radius 3 is 2.52 bits per heavy atom. The van der Waals surface area contributed by atoms with Gasteiger partial charge in [-0.15, -0.1) is 0 Å². The lowest BCUT2D eigenvalue weighted by Gasteiger charge is -2.15. The molecule has 0 unspecified atom stereocenters. The van der Waals surface area contributed by atoms with Gasteiger partial charge in [0, 0.05) is 21.8 Å². The van der Waals surface area contributed by atoms with E-state index >= 15 is 0 Å². The number of hydrogen-bond acceptors (Lipinski definition) is 3. The molecule has 0 aliphatic rings. The standard InChI is InChI=1S/C18H19ClN2OS/c1-18(2,3)22-20-12-14-11-15(9-10-16(14)19)21-17(23)13-7-5-4-6-8-13/h4-12H,1-3H3,(H,21,23)/b20-12+. The Balaban J connectivity index is 2.12. The molecule has 2 aromatic rings. The molecule has 0 spiro atoms. The zero-order valence-corrected chi connectivity index (χ0v) is 14.9. The van der Waals surface area contributed by atoms with Gasteiger partial charge >= 0.3 is 0 Å². The number of nitrogens with zero attached hydrogens (tertiary/aromatic N) is 1. The molecule has 23 heavy (non-hydrogen) atoms. The maximum absolute atomic E-state index is 6.19. The fraction of sp³-hybridized carbons (Fsp3) is 0.222. The first-order valence-electron chi connectivity index (χ1n) is 7.23. The van der Waals surface area contributed by atoms with Gasteiger partial charge in [0.15, 0.2) is 0 Å². The van der Waals surface area contributed by atoms with Crippen LogP contribution in [-0.4, -0.2) is 16.8 Å². The molecule has 0 aliphatic heterocycles. The molecule has 0 amide bonds. The highest BCUT2D eigenvalue weighted by Gasteiger charge is 2.10. The summed E-state index contributed by atoms with van der Waals surface area (Å²) in [7, 11) is 0. The number of nitrogens with one attached hydrogen (secondary N) is 1. The molecular weight excluding hydrogens is 328 g/mol. The smallest absolute Gasteiger partial charge is 0.129 e. The van der Waals surface area contributed by atoms with Crippen molar-refractivity contribution in [3.63, 3.8) is 0 Å². The van der Waals surface area contributed by atoms with Gasteiger partial charge in [0.25, 0.3) is 0 Å². The van der Waals surface area contributed by atoms with Crippen molar-refractivity contribution in [3.8, 4) is 0 Å². The van der Waals surface area contributed by atoms with Gasteiger partial charge in [-0.2, -0.15) is 0 Å². The van der Waals surface area contributed by atoms with Crippen LogP contribution in [0.5, 0.6) is 0 Å². The minimum atomic E-state index is -0.340. The van der Waals surface area contributed by atoms with Gasteiger partial charge in [-0.3, -0.25) is 0 Å². The highest BCUT2D eigenvalue weighted by atomic mass is 35.5. The Kier molecular flexibility index (Phi) is 5.74. The molecule has 0 saturated carbocycles. The predicted octanol–water partition coefficient (Wildman–Crippen LogP) is 5.28. The summed E-state index contributed by atoms with van der Waals surface area (Å²) < 4.78 is 0. The number of rotatable bonds is 4. The van der Waals surface area contributed by atoms with Crippen molar-refractivity contribution in [3.05, 3.63) is 64.7 Å². The van der Waals surface area contributed by atoms with Gasteiger partial charge in [0.1, 0.15) is 10.6 Å². The molecule has 0 aliphatic carbocycles. The van der Waals surface area contributed by atoms with Gasteiger partial charge in [0.2, 0.25) is 0 Å². The van der Waals surface area contributed by atoms with Crippen LogP contribution in [-0.2, 0) is 4.84 Å². The molecule has 1 N–H and O–H groups in total. The van der Waals surface area contributed by atoms with Gasteiger partial charge in [0.05, 0.1) is 6.21 Å². The van der Waals surface area contributed by atoms with Crippen molar-refractivity contribution in [2.45, 2.75) is 26.4 Å². The summed E-state index contributed by atoms with van der Waals surface area (Å²) in [6.45, 7) is 5.80. The average Bonchev–Trinajstić information content (AvgIpc) is 2.50. The van der Waals surface area contributed by atoms with Crippen molar-refractivity contribution in [2.75, 3.05) is 5.32 Å². The van der Waals surface area contributed by atoms with Crippen LogP contribution >= 0.6 is 23.8 Å². The number of oxime groups is 1. The minimum Gasteiger partial charge on any atom is -0.390 e. The fourth-order valence-electron chi connectivity index (χ4n) is 1.75.